The Morgan fingerprint density at radius 1 is 0.818 bits per heavy atom. The molecule has 0 unspecified atom stereocenters. The van der Waals surface area contributed by atoms with E-state index in [1.807, 2.05) is 49.4 Å². The Morgan fingerprint density at radius 3 is 2.27 bits per heavy atom. The van der Waals surface area contributed by atoms with Crippen molar-refractivity contribution in [1.82, 2.24) is 0 Å². The normalized spacial score (nSPS) is 15.9. The molecule has 0 amide bonds. The highest BCUT2D eigenvalue weighted by Gasteiger charge is 2.14. The molecule has 22 heavy (non-hydrogen) atoms. The van der Waals surface area contributed by atoms with Gasteiger partial charge < -0.3 is 0 Å². The van der Waals surface area contributed by atoms with E-state index < -0.39 is 13.7 Å². The predicted octanol–water partition coefficient (Wildman–Crippen LogP) is 4.77. The second-order valence-corrected chi connectivity index (χ2v) is 5.49. The van der Waals surface area contributed by atoms with Crippen LogP contribution in [-0.4, -0.2) is 0 Å². The number of hydrogen-bond acceptors (Lipinski definition) is 0. The first-order chi connectivity index (χ1) is 13.0. The Labute approximate surface area is 141 Å². The monoisotopic (exact) mass is 294 g/mol. The molecule has 0 fully saturated rings. The van der Waals surface area contributed by atoms with Crippen LogP contribution in [0.4, 0.5) is 0 Å². The molecule has 0 aliphatic rings. The summed E-state index contributed by atoms with van der Waals surface area (Å²) in [6.07, 6.45) is 1.41. The van der Waals surface area contributed by atoms with Crippen molar-refractivity contribution >= 4 is 0 Å². The third kappa shape index (κ3) is 2.67. The van der Waals surface area contributed by atoms with E-state index in [2.05, 4.69) is 6.07 Å². The van der Waals surface area contributed by atoms with E-state index in [-0.39, 0.29) is 11.1 Å². The van der Waals surface area contributed by atoms with E-state index in [0.29, 0.717) is 5.69 Å². The molecule has 0 spiro atoms. The molecule has 0 saturated heterocycles. The van der Waals surface area contributed by atoms with E-state index in [4.69, 9.17) is 8.22 Å². The minimum atomic E-state index is -2.51. The van der Waals surface area contributed by atoms with Crippen LogP contribution in [-0.2, 0) is 7.05 Å². The van der Waals surface area contributed by atoms with Crippen LogP contribution in [0.3, 0.4) is 0 Å². The smallest absolute Gasteiger partial charge is 0.201 e. The summed E-state index contributed by atoms with van der Waals surface area (Å²) in [5.41, 5.74) is 4.41. The summed E-state index contributed by atoms with van der Waals surface area (Å²) in [6, 6.07) is 17.5. The lowest BCUT2D eigenvalue weighted by atomic mass is 9.97. The number of nitrogens with zero attached hydrogens (tertiary/aromatic N) is 1. The van der Waals surface area contributed by atoms with Gasteiger partial charge in [0.2, 0.25) is 5.69 Å². The van der Waals surface area contributed by atoms with E-state index >= 15 is 0 Å². The maximum Gasteiger partial charge on any atom is 0.212 e. The number of hydrogen-bond donors (Lipinski definition) is 0. The zero-order valence-corrected chi connectivity index (χ0v) is 12.7. The van der Waals surface area contributed by atoms with Gasteiger partial charge in [0.1, 0.15) is 7.05 Å². The molecule has 3 rings (SSSR count). The minimum Gasteiger partial charge on any atom is -0.201 e. The zero-order chi connectivity index (χ0) is 20.7. The fraction of sp³-hybridized carbons (Fsp3) is 0.190. The first kappa shape index (κ1) is 8.89. The highest BCUT2D eigenvalue weighted by atomic mass is 14.9. The van der Waals surface area contributed by atoms with Gasteiger partial charge in [0, 0.05) is 25.4 Å². The van der Waals surface area contributed by atoms with Gasteiger partial charge in [0.25, 0.3) is 0 Å². The maximum atomic E-state index is 7.80. The molecule has 0 aliphatic carbocycles. The highest BCUT2D eigenvalue weighted by Crippen LogP contribution is 2.27. The van der Waals surface area contributed by atoms with Crippen LogP contribution in [0.2, 0.25) is 0 Å². The molecule has 1 aromatic heterocycles. The predicted molar refractivity (Wildman–Crippen MR) is 92.7 cm³/mol. The van der Waals surface area contributed by atoms with Crippen LogP contribution >= 0.6 is 0 Å². The summed E-state index contributed by atoms with van der Waals surface area (Å²) in [5.74, 6) is 0. The molecule has 0 bridgehead atoms. The lowest BCUT2D eigenvalue weighted by molar-refractivity contribution is -0.660. The van der Waals surface area contributed by atoms with E-state index in [1.54, 1.807) is 11.6 Å². The van der Waals surface area contributed by atoms with Crippen molar-refractivity contribution in [2.45, 2.75) is 20.6 Å². The molecular weight excluding hydrogens is 266 g/mol. The van der Waals surface area contributed by atoms with Crippen LogP contribution < -0.4 is 4.57 Å². The summed E-state index contributed by atoms with van der Waals surface area (Å²) in [5, 5.41) is 0. The Bertz CT molecular complexity index is 1000. The van der Waals surface area contributed by atoms with Gasteiger partial charge in [-0.25, -0.2) is 4.57 Å². The molecule has 0 N–H and O–H groups in total. The zero-order valence-electron chi connectivity index (χ0n) is 18.7. The van der Waals surface area contributed by atoms with Gasteiger partial charge in [-0.15, -0.1) is 0 Å². The highest BCUT2D eigenvalue weighted by molar-refractivity contribution is 5.71. The second kappa shape index (κ2) is 5.76. The van der Waals surface area contributed by atoms with Crippen LogP contribution in [0.25, 0.3) is 22.4 Å². The molecule has 1 heteroatoms. The molecule has 0 aliphatic heterocycles. The van der Waals surface area contributed by atoms with Gasteiger partial charge in [-0.3, -0.25) is 0 Å². The first-order valence-electron chi connectivity index (χ1n) is 10.2. The average molecular weight is 294 g/mol. The molecular formula is C21H22N+. The number of aromatic nitrogens is 1. The Balaban J connectivity index is 2.16. The third-order valence-electron chi connectivity index (χ3n) is 3.88. The van der Waals surface area contributed by atoms with Gasteiger partial charge in [-0.2, -0.15) is 0 Å². The Hall–Kier alpha value is -2.41. The molecule has 1 heterocycles. The lowest BCUT2D eigenvalue weighted by Crippen LogP contribution is -2.31. The summed E-state index contributed by atoms with van der Waals surface area (Å²) in [7, 11) is 1.73. The van der Waals surface area contributed by atoms with Crippen molar-refractivity contribution < 1.29 is 12.8 Å². The van der Waals surface area contributed by atoms with Crippen LogP contribution in [0.5, 0.6) is 0 Å². The summed E-state index contributed by atoms with van der Waals surface area (Å²) in [6.45, 7) is -3.04. The van der Waals surface area contributed by atoms with Gasteiger partial charge in [0.15, 0.2) is 6.20 Å². The number of rotatable bonds is 2. The van der Waals surface area contributed by atoms with Gasteiger partial charge in [-0.05, 0) is 48.9 Å². The fourth-order valence-corrected chi connectivity index (χ4v) is 2.68. The second-order valence-electron chi connectivity index (χ2n) is 5.49. The van der Waals surface area contributed by atoms with Crippen molar-refractivity contribution in [3.63, 3.8) is 0 Å². The molecule has 3 aromatic rings. The fourth-order valence-electron chi connectivity index (χ4n) is 2.68. The third-order valence-corrected chi connectivity index (χ3v) is 3.88. The molecule has 2 aromatic carbocycles. The maximum absolute atomic E-state index is 7.80. The van der Waals surface area contributed by atoms with Gasteiger partial charge >= 0.3 is 0 Å². The summed E-state index contributed by atoms with van der Waals surface area (Å²) in [4.78, 5) is 0. The van der Waals surface area contributed by atoms with Crippen LogP contribution in [0.1, 0.15) is 24.9 Å². The van der Waals surface area contributed by atoms with Crippen molar-refractivity contribution in [1.29, 1.82) is 0 Å². The van der Waals surface area contributed by atoms with Crippen LogP contribution in [0.15, 0.2) is 60.8 Å². The average Bonchev–Trinajstić information content (AvgIpc) is 2.61. The van der Waals surface area contributed by atoms with E-state index in [0.717, 1.165) is 22.3 Å². The van der Waals surface area contributed by atoms with Crippen LogP contribution in [0, 0.1) is 20.6 Å². The SMILES string of the molecule is [2H]C([2H])([2H])c1cc(-c2ccc(-c3ccccc3)cc2C)[n+](C)cc1C([2H])([2H])[2H]. The quantitative estimate of drug-likeness (QED) is 0.599. The Morgan fingerprint density at radius 2 is 1.59 bits per heavy atom. The van der Waals surface area contributed by atoms with Crippen molar-refractivity contribution in [2.75, 3.05) is 0 Å². The van der Waals surface area contributed by atoms with Crippen molar-refractivity contribution in [2.24, 2.45) is 7.05 Å². The van der Waals surface area contributed by atoms with Crippen molar-refractivity contribution in [3.05, 3.63) is 77.5 Å². The molecule has 0 saturated carbocycles. The number of benzene rings is 2. The lowest BCUT2D eigenvalue weighted by Gasteiger charge is -2.09. The van der Waals surface area contributed by atoms with Crippen molar-refractivity contribution in [3.8, 4) is 22.4 Å². The molecule has 110 valence electrons. The van der Waals surface area contributed by atoms with Gasteiger partial charge in [-0.1, -0.05) is 42.5 Å². The molecule has 0 radical (unpaired) electrons. The molecule has 1 nitrogen and oxygen atoms in total. The van der Waals surface area contributed by atoms with Gasteiger partial charge in [0.05, 0.1) is 0 Å². The van der Waals surface area contributed by atoms with E-state index in [1.165, 1.54) is 12.3 Å². The Kier molecular flexibility index (Phi) is 2.33. The van der Waals surface area contributed by atoms with E-state index in [9.17, 15) is 0 Å². The molecule has 0 atom stereocenters. The minimum absolute atomic E-state index is 0.132. The largest absolute Gasteiger partial charge is 0.212 e. The summed E-state index contributed by atoms with van der Waals surface area (Å²) >= 11 is 0. The first-order valence-corrected chi connectivity index (χ1v) is 7.19. The standard InChI is InChI=1S/C21H22N/c1-15-13-21(22(4)14-17(15)3)20-11-10-19(12-16(20)2)18-8-6-5-7-9-18/h5-14H,1-4H3/q+1/i1D3,3D3. The summed E-state index contributed by atoms with van der Waals surface area (Å²) < 4.78 is 48.2. The number of pyridine rings is 1. The topological polar surface area (TPSA) is 3.88 Å². The number of aryl methyl sites for hydroxylation is 4.